The molecule has 32 heavy (non-hydrogen) atoms. The van der Waals surface area contributed by atoms with Crippen LogP contribution in [0.3, 0.4) is 0 Å². The van der Waals surface area contributed by atoms with Crippen LogP contribution in [0.15, 0.2) is 47.4 Å². The number of sulfonamides is 1. The molecule has 3 N–H and O–H groups in total. The van der Waals surface area contributed by atoms with Gasteiger partial charge in [-0.05, 0) is 37.1 Å². The second kappa shape index (κ2) is 10.3. The van der Waals surface area contributed by atoms with Crippen molar-refractivity contribution in [3.05, 3.63) is 71.1 Å². The number of aromatic nitrogens is 3. The van der Waals surface area contributed by atoms with E-state index < -0.39 is 15.8 Å². The molecule has 1 atom stereocenters. The van der Waals surface area contributed by atoms with Crippen molar-refractivity contribution in [2.45, 2.75) is 44.2 Å². The van der Waals surface area contributed by atoms with Gasteiger partial charge in [-0.25, -0.2) is 27.6 Å². The van der Waals surface area contributed by atoms with E-state index in [0.717, 1.165) is 23.6 Å². The van der Waals surface area contributed by atoms with Crippen LogP contribution in [0.4, 0.5) is 4.39 Å². The summed E-state index contributed by atoms with van der Waals surface area (Å²) in [5.74, 6) is 0.281. The SMILES string of the molecule is CCC(COC)NCc1nc(Cc2cccc(C)c2)n(-c2ccc(S(N)(=O)=O)cc2F)n1. The summed E-state index contributed by atoms with van der Waals surface area (Å²) in [6.45, 7) is 4.98. The van der Waals surface area contributed by atoms with Gasteiger partial charge >= 0.3 is 0 Å². The number of hydrogen-bond donors (Lipinski definition) is 2. The van der Waals surface area contributed by atoms with Gasteiger partial charge in [0.1, 0.15) is 17.3 Å². The van der Waals surface area contributed by atoms with Crippen LogP contribution >= 0.6 is 0 Å². The smallest absolute Gasteiger partial charge is 0.238 e. The van der Waals surface area contributed by atoms with E-state index in [0.29, 0.717) is 31.2 Å². The largest absolute Gasteiger partial charge is 0.383 e. The van der Waals surface area contributed by atoms with Gasteiger partial charge in [0.05, 0.1) is 18.0 Å². The number of hydrogen-bond acceptors (Lipinski definition) is 6. The zero-order chi connectivity index (χ0) is 23.3. The van der Waals surface area contributed by atoms with Gasteiger partial charge in [-0.1, -0.05) is 36.8 Å². The Morgan fingerprint density at radius 1 is 1.25 bits per heavy atom. The maximum atomic E-state index is 14.9. The molecule has 0 saturated carbocycles. The van der Waals surface area contributed by atoms with Gasteiger partial charge in [0, 0.05) is 19.6 Å². The monoisotopic (exact) mass is 461 g/mol. The van der Waals surface area contributed by atoms with E-state index in [-0.39, 0.29) is 16.6 Å². The minimum absolute atomic E-state index is 0.0998. The summed E-state index contributed by atoms with van der Waals surface area (Å²) in [5.41, 5.74) is 2.21. The van der Waals surface area contributed by atoms with E-state index in [2.05, 4.69) is 15.4 Å². The summed E-state index contributed by atoms with van der Waals surface area (Å²) in [7, 11) is -2.37. The molecule has 0 aliphatic heterocycles. The Labute approximate surface area is 187 Å². The van der Waals surface area contributed by atoms with E-state index in [1.54, 1.807) is 7.11 Å². The van der Waals surface area contributed by atoms with Gasteiger partial charge in [-0.2, -0.15) is 0 Å². The molecule has 10 heteroatoms. The summed E-state index contributed by atoms with van der Waals surface area (Å²) in [4.78, 5) is 4.33. The Kier molecular flexibility index (Phi) is 7.73. The molecule has 172 valence electrons. The number of primary sulfonamides is 1. The molecule has 1 heterocycles. The molecule has 0 saturated heterocycles. The third kappa shape index (κ3) is 5.98. The molecule has 0 amide bonds. The van der Waals surface area contributed by atoms with Crippen LogP contribution in [-0.4, -0.2) is 42.9 Å². The van der Waals surface area contributed by atoms with Gasteiger partial charge in [0.25, 0.3) is 0 Å². The number of aryl methyl sites for hydroxylation is 1. The molecule has 1 unspecified atom stereocenters. The van der Waals surface area contributed by atoms with Gasteiger partial charge in [-0.3, -0.25) is 0 Å². The van der Waals surface area contributed by atoms with E-state index in [4.69, 9.17) is 9.88 Å². The fourth-order valence-electron chi connectivity index (χ4n) is 3.37. The molecule has 0 spiro atoms. The van der Waals surface area contributed by atoms with E-state index in [1.807, 2.05) is 38.1 Å². The summed E-state index contributed by atoms with van der Waals surface area (Å²) in [6, 6.07) is 11.6. The van der Waals surface area contributed by atoms with E-state index in [9.17, 15) is 12.8 Å². The normalized spacial score (nSPS) is 12.8. The second-order valence-corrected chi connectivity index (χ2v) is 9.18. The van der Waals surface area contributed by atoms with Crippen molar-refractivity contribution >= 4 is 10.0 Å². The molecular weight excluding hydrogens is 433 g/mol. The number of nitrogens with one attached hydrogen (secondary N) is 1. The molecule has 0 bridgehead atoms. The summed E-state index contributed by atoms with van der Waals surface area (Å²) in [5, 5.41) is 13.0. The fraction of sp³-hybridized carbons (Fsp3) is 0.364. The average molecular weight is 462 g/mol. The van der Waals surface area contributed by atoms with Crippen LogP contribution in [0.5, 0.6) is 0 Å². The van der Waals surface area contributed by atoms with Gasteiger partial charge in [-0.15, -0.1) is 5.10 Å². The van der Waals surface area contributed by atoms with Crippen LogP contribution in [0, 0.1) is 12.7 Å². The first-order valence-corrected chi connectivity index (χ1v) is 11.8. The van der Waals surface area contributed by atoms with E-state index in [1.165, 1.54) is 16.8 Å². The van der Waals surface area contributed by atoms with Gasteiger partial charge < -0.3 is 10.1 Å². The van der Waals surface area contributed by atoms with E-state index >= 15 is 0 Å². The average Bonchev–Trinajstić information content (AvgIpc) is 3.12. The number of nitrogens with two attached hydrogens (primary N) is 1. The zero-order valence-corrected chi connectivity index (χ0v) is 19.2. The maximum Gasteiger partial charge on any atom is 0.238 e. The molecular formula is C22H28FN5O3S. The van der Waals surface area contributed by atoms with Crippen molar-refractivity contribution in [2.75, 3.05) is 13.7 Å². The van der Waals surface area contributed by atoms with Crippen LogP contribution in [0.1, 0.15) is 36.1 Å². The lowest BCUT2D eigenvalue weighted by Gasteiger charge is -2.14. The minimum Gasteiger partial charge on any atom is -0.383 e. The Balaban J connectivity index is 1.98. The fourth-order valence-corrected chi connectivity index (χ4v) is 3.90. The molecule has 1 aromatic heterocycles. The highest BCUT2D eigenvalue weighted by Gasteiger charge is 2.18. The summed E-state index contributed by atoms with van der Waals surface area (Å²) < 4.78 is 44.6. The molecule has 0 aliphatic carbocycles. The van der Waals surface area contributed by atoms with Crippen LogP contribution in [-0.2, 0) is 27.7 Å². The maximum absolute atomic E-state index is 14.9. The van der Waals surface area contributed by atoms with Gasteiger partial charge in [0.2, 0.25) is 10.0 Å². The quantitative estimate of drug-likeness (QED) is 0.480. The first kappa shape index (κ1) is 24.0. The minimum atomic E-state index is -4.02. The highest BCUT2D eigenvalue weighted by molar-refractivity contribution is 7.89. The molecule has 0 aliphatic rings. The number of ether oxygens (including phenoxy) is 1. The Bertz CT molecular complexity index is 1180. The van der Waals surface area contributed by atoms with Crippen molar-refractivity contribution in [1.82, 2.24) is 20.1 Å². The number of benzene rings is 2. The third-order valence-corrected chi connectivity index (χ3v) is 5.96. The molecule has 3 rings (SSSR count). The molecule has 0 fully saturated rings. The second-order valence-electron chi connectivity index (χ2n) is 7.62. The molecule has 2 aromatic carbocycles. The summed E-state index contributed by atoms with van der Waals surface area (Å²) in [6.07, 6.45) is 1.30. The predicted octanol–water partition coefficient (Wildman–Crippen LogP) is 2.47. The van der Waals surface area contributed by atoms with Crippen molar-refractivity contribution in [2.24, 2.45) is 5.14 Å². The molecule has 8 nitrogen and oxygen atoms in total. The number of methoxy groups -OCH3 is 1. The molecule has 3 aromatic rings. The van der Waals surface area contributed by atoms with Crippen LogP contribution < -0.4 is 10.5 Å². The highest BCUT2D eigenvalue weighted by atomic mass is 32.2. The van der Waals surface area contributed by atoms with Gasteiger partial charge in [0.15, 0.2) is 5.82 Å². The Hall–Kier alpha value is -2.66. The number of halogens is 1. The number of rotatable bonds is 10. The lowest BCUT2D eigenvalue weighted by molar-refractivity contribution is 0.163. The predicted molar refractivity (Wildman–Crippen MR) is 119 cm³/mol. The topological polar surface area (TPSA) is 112 Å². The Morgan fingerprint density at radius 3 is 2.66 bits per heavy atom. The van der Waals surface area contributed by atoms with Crippen molar-refractivity contribution in [3.63, 3.8) is 0 Å². The van der Waals surface area contributed by atoms with Crippen molar-refractivity contribution in [3.8, 4) is 5.69 Å². The standard InChI is InChI=1S/C22H28FN5O3S/c1-4-17(14-31-3)25-13-21-26-22(11-16-7-5-6-15(2)10-16)28(27-21)20-9-8-18(12-19(20)23)32(24,29)30/h5-10,12,17,25H,4,11,13-14H2,1-3H3,(H2,24,29,30). The van der Waals surface area contributed by atoms with Crippen molar-refractivity contribution in [1.29, 1.82) is 0 Å². The summed E-state index contributed by atoms with van der Waals surface area (Å²) >= 11 is 0. The third-order valence-electron chi connectivity index (χ3n) is 5.05. The Morgan fingerprint density at radius 2 is 2.03 bits per heavy atom. The first-order chi connectivity index (χ1) is 15.2. The lowest BCUT2D eigenvalue weighted by atomic mass is 10.1. The van der Waals surface area contributed by atoms with Crippen molar-refractivity contribution < 1.29 is 17.5 Å². The zero-order valence-electron chi connectivity index (χ0n) is 18.4. The van der Waals surface area contributed by atoms with Crippen LogP contribution in [0.25, 0.3) is 5.69 Å². The lowest BCUT2D eigenvalue weighted by Crippen LogP contribution is -2.32. The van der Waals surface area contributed by atoms with Crippen LogP contribution in [0.2, 0.25) is 0 Å². The first-order valence-electron chi connectivity index (χ1n) is 10.3. The number of nitrogens with zero attached hydrogens (tertiary/aromatic N) is 3. The molecule has 0 radical (unpaired) electrons. The highest BCUT2D eigenvalue weighted by Crippen LogP contribution is 2.20.